The number of carbonyl (C=O) groups is 1. The molecule has 0 saturated carbocycles. The Kier molecular flexibility index (Phi) is 7.99. The lowest BCUT2D eigenvalue weighted by atomic mass is 10.1. The minimum absolute atomic E-state index is 0.0896. The highest BCUT2D eigenvalue weighted by Gasteiger charge is 2.09. The van der Waals surface area contributed by atoms with Gasteiger partial charge in [0.05, 0.1) is 24.3 Å². The van der Waals surface area contributed by atoms with Crippen molar-refractivity contribution < 1.29 is 13.9 Å². The molecule has 162 valence electrons. The maximum atomic E-state index is 12.9. The maximum Gasteiger partial charge on any atom is 0.232 e. The van der Waals surface area contributed by atoms with Crippen LogP contribution in [-0.4, -0.2) is 40.3 Å². The average Bonchev–Trinajstić information content (AvgIpc) is 2.75. The summed E-state index contributed by atoms with van der Waals surface area (Å²) < 4.78 is 18.2. The lowest BCUT2D eigenvalue weighted by Gasteiger charge is -2.10. The van der Waals surface area contributed by atoms with E-state index in [-0.39, 0.29) is 23.4 Å². The highest BCUT2D eigenvalue weighted by molar-refractivity contribution is 7.99. The first-order valence-corrected chi connectivity index (χ1v) is 10.7. The lowest BCUT2D eigenvalue weighted by Crippen LogP contribution is -2.27. The van der Waals surface area contributed by atoms with Crippen LogP contribution in [0.3, 0.4) is 0 Å². The molecule has 0 fully saturated rings. The monoisotopic (exact) mass is 442 g/mol. The van der Waals surface area contributed by atoms with Gasteiger partial charge in [-0.15, -0.1) is 11.8 Å². The number of nitrogens with one attached hydrogen (secondary N) is 2. The number of nitrogen functional groups attached to an aromatic ring is 1. The second kappa shape index (κ2) is 11.1. The topological polar surface area (TPSA) is 115 Å². The van der Waals surface area contributed by atoms with Crippen molar-refractivity contribution >= 4 is 35.3 Å². The first-order valence-electron chi connectivity index (χ1n) is 9.53. The van der Waals surface area contributed by atoms with Crippen LogP contribution in [-0.2, 0) is 17.0 Å². The summed E-state index contributed by atoms with van der Waals surface area (Å²) in [6, 6.07) is 13.6. The molecule has 0 atom stereocenters. The van der Waals surface area contributed by atoms with Crippen LogP contribution in [0.2, 0.25) is 0 Å². The molecule has 3 aromatic rings. The Morgan fingerprint density at radius 1 is 1.13 bits per heavy atom. The third-order valence-corrected chi connectivity index (χ3v) is 5.09. The lowest BCUT2D eigenvalue weighted by molar-refractivity contribution is -0.118. The van der Waals surface area contributed by atoms with E-state index in [1.807, 2.05) is 24.3 Å². The molecule has 0 bridgehead atoms. The van der Waals surface area contributed by atoms with Crippen molar-refractivity contribution in [3.63, 3.8) is 0 Å². The second-order valence-corrected chi connectivity index (χ2v) is 7.46. The number of hydrogen-bond donors (Lipinski definition) is 3. The zero-order valence-electron chi connectivity index (χ0n) is 17.0. The molecular formula is C21H23FN6O2S. The van der Waals surface area contributed by atoms with Gasteiger partial charge in [0, 0.05) is 6.54 Å². The molecule has 1 aromatic heterocycles. The number of amides is 1. The highest BCUT2D eigenvalue weighted by Crippen LogP contribution is 2.25. The smallest absolute Gasteiger partial charge is 0.232 e. The minimum atomic E-state index is -0.274. The van der Waals surface area contributed by atoms with E-state index >= 15 is 0 Å². The Bertz CT molecular complexity index is 1020. The van der Waals surface area contributed by atoms with Gasteiger partial charge in [-0.05, 0) is 36.2 Å². The number of ether oxygens (including phenoxy) is 1. The van der Waals surface area contributed by atoms with Gasteiger partial charge >= 0.3 is 0 Å². The van der Waals surface area contributed by atoms with Crippen LogP contribution >= 0.6 is 11.8 Å². The number of nitrogens with zero attached hydrogens (tertiary/aromatic N) is 3. The van der Waals surface area contributed by atoms with Crippen molar-refractivity contribution in [2.45, 2.75) is 12.2 Å². The van der Waals surface area contributed by atoms with Crippen LogP contribution in [0.5, 0.6) is 5.75 Å². The molecule has 4 N–H and O–H groups in total. The fourth-order valence-electron chi connectivity index (χ4n) is 2.71. The summed E-state index contributed by atoms with van der Waals surface area (Å²) in [6.45, 7) is 0.483. The predicted octanol–water partition coefficient (Wildman–Crippen LogP) is 2.94. The van der Waals surface area contributed by atoms with Crippen molar-refractivity contribution in [1.82, 2.24) is 20.3 Å². The fraction of sp³-hybridized carbons (Fsp3) is 0.238. The average molecular weight is 443 g/mol. The highest BCUT2D eigenvalue weighted by atomic mass is 32.2. The first-order chi connectivity index (χ1) is 15.0. The largest absolute Gasteiger partial charge is 0.495 e. The molecule has 0 saturated heterocycles. The number of para-hydroxylation sites is 2. The molecule has 0 radical (unpaired) electrons. The van der Waals surface area contributed by atoms with E-state index in [1.165, 1.54) is 23.9 Å². The van der Waals surface area contributed by atoms with Gasteiger partial charge in [-0.2, -0.15) is 15.0 Å². The van der Waals surface area contributed by atoms with Crippen molar-refractivity contribution in [3.8, 4) is 5.75 Å². The van der Waals surface area contributed by atoms with E-state index in [4.69, 9.17) is 10.5 Å². The normalized spacial score (nSPS) is 10.5. The Morgan fingerprint density at radius 2 is 1.90 bits per heavy atom. The summed E-state index contributed by atoms with van der Waals surface area (Å²) in [4.78, 5) is 24.6. The van der Waals surface area contributed by atoms with Crippen molar-refractivity contribution in [2.75, 3.05) is 30.5 Å². The van der Waals surface area contributed by atoms with Gasteiger partial charge in [-0.25, -0.2) is 4.39 Å². The molecule has 0 aliphatic carbocycles. The Balaban J connectivity index is 1.46. The van der Waals surface area contributed by atoms with E-state index in [0.717, 1.165) is 5.56 Å². The number of methoxy groups -OCH3 is 1. The van der Waals surface area contributed by atoms with Crippen LogP contribution in [0.15, 0.2) is 48.5 Å². The number of thioether (sulfide) groups is 1. The summed E-state index contributed by atoms with van der Waals surface area (Å²) >= 11 is 1.37. The minimum Gasteiger partial charge on any atom is -0.495 e. The second-order valence-electron chi connectivity index (χ2n) is 6.48. The number of benzene rings is 2. The molecule has 10 heteroatoms. The van der Waals surface area contributed by atoms with Crippen molar-refractivity contribution in [1.29, 1.82) is 0 Å². The molecule has 1 amide bonds. The number of nitrogens with two attached hydrogens (primary N) is 1. The summed E-state index contributed by atoms with van der Waals surface area (Å²) in [6.07, 6.45) is 0.638. The van der Waals surface area contributed by atoms with Crippen LogP contribution in [0, 0.1) is 5.82 Å². The zero-order chi connectivity index (χ0) is 22.1. The number of hydrogen-bond acceptors (Lipinski definition) is 8. The fourth-order valence-corrected chi connectivity index (χ4v) is 3.41. The number of anilines is 3. The molecule has 2 aromatic carbocycles. The van der Waals surface area contributed by atoms with Gasteiger partial charge < -0.3 is 21.1 Å². The van der Waals surface area contributed by atoms with Crippen molar-refractivity contribution in [2.24, 2.45) is 0 Å². The van der Waals surface area contributed by atoms with Gasteiger partial charge in [0.2, 0.25) is 17.8 Å². The number of rotatable bonds is 10. The SMILES string of the molecule is COc1ccccc1Nc1nc(N)nc(CSCC(=O)NCCc2ccc(F)cc2)n1. The van der Waals surface area contributed by atoms with E-state index < -0.39 is 0 Å². The molecule has 0 unspecified atom stereocenters. The number of carbonyl (C=O) groups excluding carboxylic acids is 1. The Hall–Kier alpha value is -3.40. The first kappa shape index (κ1) is 22.3. The van der Waals surface area contributed by atoms with Gasteiger partial charge in [0.25, 0.3) is 0 Å². The maximum absolute atomic E-state index is 12.9. The Labute approximate surface area is 183 Å². The van der Waals surface area contributed by atoms with Crippen LogP contribution < -0.4 is 21.1 Å². The van der Waals surface area contributed by atoms with Crippen LogP contribution in [0.25, 0.3) is 0 Å². The summed E-state index contributed by atoms with van der Waals surface area (Å²) in [5, 5.41) is 5.91. The standard InChI is InChI=1S/C21H23FN6O2S/c1-30-17-5-3-2-4-16(17)25-21-27-18(26-20(23)28-21)12-31-13-19(29)24-11-10-14-6-8-15(22)9-7-14/h2-9H,10-13H2,1H3,(H,24,29)(H3,23,25,26,27,28). The summed E-state index contributed by atoms with van der Waals surface area (Å²) in [5.41, 5.74) is 7.47. The van der Waals surface area contributed by atoms with E-state index in [1.54, 1.807) is 19.2 Å². The molecule has 0 aliphatic heterocycles. The van der Waals surface area contributed by atoms with Gasteiger partial charge in [0.1, 0.15) is 17.4 Å². The predicted molar refractivity (Wildman–Crippen MR) is 120 cm³/mol. The van der Waals surface area contributed by atoms with Crippen LogP contribution in [0.1, 0.15) is 11.4 Å². The third-order valence-electron chi connectivity index (χ3n) is 4.17. The molecule has 3 rings (SSSR count). The van der Waals surface area contributed by atoms with E-state index in [0.29, 0.717) is 41.9 Å². The zero-order valence-corrected chi connectivity index (χ0v) is 17.8. The van der Waals surface area contributed by atoms with E-state index in [9.17, 15) is 9.18 Å². The quantitative estimate of drug-likeness (QED) is 0.439. The molecule has 1 heterocycles. The van der Waals surface area contributed by atoms with Gasteiger partial charge in [-0.3, -0.25) is 4.79 Å². The molecular weight excluding hydrogens is 419 g/mol. The molecule has 8 nitrogen and oxygen atoms in total. The number of halogens is 1. The van der Waals surface area contributed by atoms with Gasteiger partial charge in [-0.1, -0.05) is 24.3 Å². The number of aromatic nitrogens is 3. The van der Waals surface area contributed by atoms with Crippen molar-refractivity contribution in [3.05, 3.63) is 65.7 Å². The molecule has 0 aliphatic rings. The van der Waals surface area contributed by atoms with Gasteiger partial charge in [0.15, 0.2) is 0 Å². The summed E-state index contributed by atoms with van der Waals surface area (Å²) in [5.74, 6) is 1.79. The Morgan fingerprint density at radius 3 is 2.68 bits per heavy atom. The third kappa shape index (κ3) is 7.10. The van der Waals surface area contributed by atoms with Crippen LogP contribution in [0.4, 0.5) is 22.0 Å². The summed E-state index contributed by atoms with van der Waals surface area (Å²) in [7, 11) is 1.58. The molecule has 31 heavy (non-hydrogen) atoms. The van der Waals surface area contributed by atoms with E-state index in [2.05, 4.69) is 25.6 Å². The molecule has 0 spiro atoms.